The average Bonchev–Trinajstić information content (AvgIpc) is 2.36. The third kappa shape index (κ3) is 3.92. The molecule has 19 heavy (non-hydrogen) atoms. The van der Waals surface area contributed by atoms with E-state index < -0.39 is 11.9 Å². The Morgan fingerprint density at radius 2 is 1.89 bits per heavy atom. The van der Waals surface area contributed by atoms with Gasteiger partial charge in [-0.3, -0.25) is 14.6 Å². The van der Waals surface area contributed by atoms with E-state index in [4.69, 9.17) is 4.74 Å². The first-order valence-corrected chi connectivity index (χ1v) is 6.39. The van der Waals surface area contributed by atoms with Gasteiger partial charge in [-0.05, 0) is 31.5 Å². The minimum absolute atomic E-state index is 0.231. The van der Waals surface area contributed by atoms with E-state index in [9.17, 15) is 9.59 Å². The Morgan fingerprint density at radius 1 is 1.32 bits per heavy atom. The molecule has 1 rings (SSSR count). The van der Waals surface area contributed by atoms with Crippen molar-refractivity contribution >= 4 is 30.1 Å². The molecule has 0 amide bonds. The van der Waals surface area contributed by atoms with E-state index >= 15 is 0 Å². The first-order chi connectivity index (χ1) is 9.01. The van der Waals surface area contributed by atoms with Crippen LogP contribution in [-0.4, -0.2) is 31.1 Å². The largest absolute Gasteiger partial charge is 0.465 e. The van der Waals surface area contributed by atoms with Crippen molar-refractivity contribution in [3.05, 3.63) is 29.8 Å². The zero-order valence-electron chi connectivity index (χ0n) is 11.2. The van der Waals surface area contributed by atoms with Crippen molar-refractivity contribution in [3.63, 3.8) is 0 Å². The number of hydrogen-bond donors (Lipinski definition) is 1. The third-order valence-electron chi connectivity index (χ3n) is 2.61. The van der Waals surface area contributed by atoms with Crippen LogP contribution in [0.25, 0.3) is 0 Å². The van der Waals surface area contributed by atoms with Gasteiger partial charge in [0.15, 0.2) is 5.92 Å². The molecule has 1 aromatic carbocycles. The van der Waals surface area contributed by atoms with Gasteiger partial charge < -0.3 is 4.74 Å². The third-order valence-corrected chi connectivity index (χ3v) is 2.90. The van der Waals surface area contributed by atoms with Gasteiger partial charge in [-0.15, -0.1) is 12.6 Å². The van der Waals surface area contributed by atoms with Gasteiger partial charge in [-0.2, -0.15) is 0 Å². The van der Waals surface area contributed by atoms with Crippen LogP contribution in [0.3, 0.4) is 0 Å². The smallest absolute Gasteiger partial charge is 0.322 e. The number of ether oxygens (including phenoxy) is 1. The minimum atomic E-state index is -0.976. The molecule has 102 valence electrons. The van der Waals surface area contributed by atoms with Crippen molar-refractivity contribution < 1.29 is 14.3 Å². The fraction of sp³-hybridized carbons (Fsp3) is 0.357. The molecule has 4 nitrogen and oxygen atoms in total. The molecule has 0 aromatic heterocycles. The summed E-state index contributed by atoms with van der Waals surface area (Å²) >= 11 is 4.20. The predicted octanol–water partition coefficient (Wildman–Crippen LogP) is 2.16. The molecule has 0 saturated heterocycles. The quantitative estimate of drug-likeness (QED) is 0.389. The molecule has 0 aliphatic carbocycles. The van der Waals surface area contributed by atoms with Gasteiger partial charge in [0.25, 0.3) is 0 Å². The topological polar surface area (TPSA) is 55.7 Å². The lowest BCUT2D eigenvalue weighted by Gasteiger charge is -2.15. The minimum Gasteiger partial charge on any atom is -0.465 e. The summed E-state index contributed by atoms with van der Waals surface area (Å²) in [5.74, 6) is -1.82. The number of Topliss-reactive ketones (excluding diaryl/α,β-unsaturated/α-hetero) is 1. The predicted molar refractivity (Wildman–Crippen MR) is 77.0 cm³/mol. The van der Waals surface area contributed by atoms with E-state index in [1.807, 2.05) is 0 Å². The SMILES string of the molecule is CCOC(=O)C(C(C)=O)/C(=N/C)c1ccc(S)cc1. The van der Waals surface area contributed by atoms with Crippen molar-refractivity contribution in [2.45, 2.75) is 18.7 Å². The highest BCUT2D eigenvalue weighted by Gasteiger charge is 2.30. The molecule has 0 fully saturated rings. The van der Waals surface area contributed by atoms with Crippen LogP contribution in [0.2, 0.25) is 0 Å². The van der Waals surface area contributed by atoms with E-state index in [1.54, 1.807) is 38.2 Å². The van der Waals surface area contributed by atoms with Crippen molar-refractivity contribution in [2.24, 2.45) is 10.9 Å². The number of benzene rings is 1. The highest BCUT2D eigenvalue weighted by atomic mass is 32.1. The molecule has 1 atom stereocenters. The molecule has 1 unspecified atom stereocenters. The number of rotatable bonds is 5. The lowest BCUT2D eigenvalue weighted by atomic mass is 9.93. The second-order valence-corrected chi connectivity index (χ2v) is 4.47. The number of thiol groups is 1. The fourth-order valence-corrected chi connectivity index (χ4v) is 1.90. The van der Waals surface area contributed by atoms with Gasteiger partial charge in [0.05, 0.1) is 12.3 Å². The van der Waals surface area contributed by atoms with Crippen LogP contribution < -0.4 is 0 Å². The maximum absolute atomic E-state index is 11.9. The summed E-state index contributed by atoms with van der Waals surface area (Å²) in [5, 5.41) is 0. The second kappa shape index (κ2) is 7.09. The zero-order chi connectivity index (χ0) is 14.4. The number of ketones is 1. The monoisotopic (exact) mass is 279 g/mol. The molecule has 0 N–H and O–H groups in total. The van der Waals surface area contributed by atoms with Crippen molar-refractivity contribution in [1.29, 1.82) is 0 Å². The van der Waals surface area contributed by atoms with Gasteiger partial charge in [-0.1, -0.05) is 12.1 Å². The summed E-state index contributed by atoms with van der Waals surface area (Å²) in [5.41, 5.74) is 1.13. The van der Waals surface area contributed by atoms with Crippen molar-refractivity contribution in [3.8, 4) is 0 Å². The fourth-order valence-electron chi connectivity index (χ4n) is 1.75. The second-order valence-electron chi connectivity index (χ2n) is 3.95. The Hall–Kier alpha value is -1.62. The van der Waals surface area contributed by atoms with Crippen LogP contribution in [0.1, 0.15) is 19.4 Å². The Labute approximate surface area is 118 Å². The highest BCUT2D eigenvalue weighted by molar-refractivity contribution is 7.80. The van der Waals surface area contributed by atoms with E-state index in [1.165, 1.54) is 6.92 Å². The molecule has 0 spiro atoms. The molecular weight excluding hydrogens is 262 g/mol. The molecule has 0 heterocycles. The van der Waals surface area contributed by atoms with Crippen LogP contribution in [0.4, 0.5) is 0 Å². The molecular formula is C14H17NO3S. The first-order valence-electron chi connectivity index (χ1n) is 5.94. The lowest BCUT2D eigenvalue weighted by molar-refractivity contribution is -0.148. The van der Waals surface area contributed by atoms with Gasteiger partial charge in [-0.25, -0.2) is 0 Å². The van der Waals surface area contributed by atoms with E-state index in [0.717, 1.165) is 4.90 Å². The number of nitrogens with zero attached hydrogens (tertiary/aromatic N) is 1. The summed E-state index contributed by atoms with van der Waals surface area (Å²) in [6.07, 6.45) is 0. The highest BCUT2D eigenvalue weighted by Crippen LogP contribution is 2.16. The molecule has 0 aliphatic rings. The number of esters is 1. The van der Waals surface area contributed by atoms with Crippen molar-refractivity contribution in [1.82, 2.24) is 0 Å². The first kappa shape index (κ1) is 15.4. The van der Waals surface area contributed by atoms with Crippen LogP contribution in [-0.2, 0) is 14.3 Å². The molecule has 5 heteroatoms. The van der Waals surface area contributed by atoms with Crippen LogP contribution in [0.5, 0.6) is 0 Å². The average molecular weight is 279 g/mol. The molecule has 0 radical (unpaired) electrons. The number of aliphatic imine (C=N–C) groups is 1. The van der Waals surface area contributed by atoms with Crippen molar-refractivity contribution in [2.75, 3.05) is 13.7 Å². The Morgan fingerprint density at radius 3 is 2.32 bits per heavy atom. The molecule has 0 aliphatic heterocycles. The summed E-state index contributed by atoms with van der Waals surface area (Å²) in [7, 11) is 1.55. The molecule has 0 saturated carbocycles. The maximum Gasteiger partial charge on any atom is 0.322 e. The van der Waals surface area contributed by atoms with Gasteiger partial charge in [0.1, 0.15) is 5.78 Å². The number of carbonyl (C=O) groups excluding carboxylic acids is 2. The Balaban J connectivity index is 3.15. The number of hydrogen-bond acceptors (Lipinski definition) is 5. The van der Waals surface area contributed by atoms with Crippen LogP contribution >= 0.6 is 12.6 Å². The van der Waals surface area contributed by atoms with Crippen LogP contribution in [0, 0.1) is 5.92 Å². The van der Waals surface area contributed by atoms with Gasteiger partial charge in [0.2, 0.25) is 0 Å². The zero-order valence-corrected chi connectivity index (χ0v) is 12.1. The van der Waals surface area contributed by atoms with Gasteiger partial charge >= 0.3 is 5.97 Å². The standard InChI is InChI=1S/C14H17NO3S/c1-4-18-14(17)12(9(2)16)13(15-3)10-5-7-11(19)8-6-10/h5-8,12,19H,4H2,1-3H3/b15-13+. The molecule has 0 bridgehead atoms. The number of carbonyl (C=O) groups is 2. The summed E-state index contributed by atoms with van der Waals surface area (Å²) < 4.78 is 4.94. The lowest BCUT2D eigenvalue weighted by Crippen LogP contribution is -2.32. The molecule has 1 aromatic rings. The Bertz CT molecular complexity index is 494. The van der Waals surface area contributed by atoms with E-state index in [0.29, 0.717) is 11.3 Å². The van der Waals surface area contributed by atoms with Gasteiger partial charge in [0, 0.05) is 11.9 Å². The van der Waals surface area contributed by atoms with Crippen LogP contribution in [0.15, 0.2) is 34.2 Å². The van der Waals surface area contributed by atoms with E-state index in [2.05, 4.69) is 17.6 Å². The summed E-state index contributed by atoms with van der Waals surface area (Å²) in [6, 6.07) is 7.12. The normalized spacial score (nSPS) is 12.9. The maximum atomic E-state index is 11.9. The van der Waals surface area contributed by atoms with E-state index in [-0.39, 0.29) is 12.4 Å². The summed E-state index contributed by atoms with van der Waals surface area (Å²) in [6.45, 7) is 3.29. The Kier molecular flexibility index (Phi) is 5.76. The summed E-state index contributed by atoms with van der Waals surface area (Å²) in [4.78, 5) is 28.5.